The van der Waals surface area contributed by atoms with E-state index in [-0.39, 0.29) is 5.75 Å². The van der Waals surface area contributed by atoms with Crippen molar-refractivity contribution < 1.29 is 18.7 Å². The van der Waals surface area contributed by atoms with Gasteiger partial charge in [-0.3, -0.25) is 0 Å². The Morgan fingerprint density at radius 3 is 2.54 bits per heavy atom. The third-order valence-electron chi connectivity index (χ3n) is 1.30. The number of aromatic hydroxyl groups is 1. The number of rotatable bonds is 4. The minimum Gasteiger partial charge on any atom is -0.508 e. The highest BCUT2D eigenvalue weighted by molar-refractivity contribution is 7.33. The lowest BCUT2D eigenvalue weighted by Crippen LogP contribution is -1.85. The van der Waals surface area contributed by atoms with Gasteiger partial charge in [0.05, 0.1) is 6.61 Å². The van der Waals surface area contributed by atoms with Gasteiger partial charge < -0.3 is 14.2 Å². The Hall–Kier alpha value is -0.990. The molecule has 1 aromatic carbocycles. The van der Waals surface area contributed by atoms with Crippen molar-refractivity contribution in [2.75, 3.05) is 6.61 Å². The number of hydrogen-bond donors (Lipinski definition) is 1. The summed E-state index contributed by atoms with van der Waals surface area (Å²) < 4.78 is 20.6. The molecule has 0 heterocycles. The van der Waals surface area contributed by atoms with Crippen molar-refractivity contribution in [1.82, 2.24) is 0 Å². The van der Waals surface area contributed by atoms with Crippen LogP contribution in [0.5, 0.6) is 11.5 Å². The van der Waals surface area contributed by atoms with Gasteiger partial charge in [0.25, 0.3) is 0 Å². The second kappa shape index (κ2) is 4.90. The van der Waals surface area contributed by atoms with Crippen LogP contribution in [0, 0.1) is 0 Å². The SMILES string of the molecule is CCO[PH](=O)Oc1ccc(O)cc1. The molecule has 0 fully saturated rings. The van der Waals surface area contributed by atoms with Gasteiger partial charge in [-0.2, -0.15) is 0 Å². The molecule has 4 nitrogen and oxygen atoms in total. The molecule has 0 radical (unpaired) electrons. The van der Waals surface area contributed by atoms with E-state index in [1.807, 2.05) is 0 Å². The van der Waals surface area contributed by atoms with Crippen LogP contribution in [0.3, 0.4) is 0 Å². The van der Waals surface area contributed by atoms with Crippen molar-refractivity contribution in [3.8, 4) is 11.5 Å². The molecule has 0 saturated carbocycles. The third-order valence-corrected chi connectivity index (χ3v) is 2.23. The number of phenols is 1. The molecule has 1 atom stereocenters. The van der Waals surface area contributed by atoms with Gasteiger partial charge in [-0.15, -0.1) is 0 Å². The smallest absolute Gasteiger partial charge is 0.367 e. The fraction of sp³-hybridized carbons (Fsp3) is 0.250. The van der Waals surface area contributed by atoms with E-state index in [0.29, 0.717) is 12.4 Å². The second-order valence-electron chi connectivity index (χ2n) is 2.28. The average molecular weight is 202 g/mol. The Labute approximate surface area is 77.1 Å². The number of phenolic OH excluding ortho intramolecular Hbond substituents is 1. The normalized spacial score (nSPS) is 12.4. The Morgan fingerprint density at radius 2 is 2.00 bits per heavy atom. The van der Waals surface area contributed by atoms with Crippen molar-refractivity contribution >= 4 is 8.25 Å². The zero-order valence-corrected chi connectivity index (χ0v) is 8.19. The standard InChI is InChI=1S/C8H11O4P/c1-2-11-13(10)12-8-5-3-7(9)4-6-8/h3-6,9,13H,2H2,1H3. The van der Waals surface area contributed by atoms with Crippen molar-refractivity contribution in [3.05, 3.63) is 24.3 Å². The van der Waals surface area contributed by atoms with Gasteiger partial charge in [0.1, 0.15) is 11.5 Å². The van der Waals surface area contributed by atoms with Crippen LogP contribution in [0.2, 0.25) is 0 Å². The summed E-state index contributed by atoms with van der Waals surface area (Å²) in [4.78, 5) is 0. The Bertz CT molecular complexity index is 283. The van der Waals surface area contributed by atoms with Crippen molar-refractivity contribution in [1.29, 1.82) is 0 Å². The first-order chi connectivity index (χ1) is 6.22. The summed E-state index contributed by atoms with van der Waals surface area (Å²) in [6.07, 6.45) is 0. The first-order valence-corrected chi connectivity index (χ1v) is 5.08. The summed E-state index contributed by atoms with van der Waals surface area (Å²) in [7, 11) is -2.44. The summed E-state index contributed by atoms with van der Waals surface area (Å²) in [6.45, 7) is 2.10. The number of hydrogen-bond acceptors (Lipinski definition) is 4. The molecule has 13 heavy (non-hydrogen) atoms. The van der Waals surface area contributed by atoms with E-state index in [4.69, 9.17) is 14.2 Å². The highest BCUT2D eigenvalue weighted by atomic mass is 31.1. The van der Waals surface area contributed by atoms with E-state index in [2.05, 4.69) is 0 Å². The number of benzene rings is 1. The average Bonchev–Trinajstić information content (AvgIpc) is 2.09. The molecule has 72 valence electrons. The molecule has 0 aliphatic carbocycles. The first kappa shape index (κ1) is 10.1. The summed E-state index contributed by atoms with van der Waals surface area (Å²) in [5.41, 5.74) is 0. The van der Waals surface area contributed by atoms with Crippen molar-refractivity contribution in [2.45, 2.75) is 6.92 Å². The van der Waals surface area contributed by atoms with Crippen molar-refractivity contribution in [2.24, 2.45) is 0 Å². The molecule has 1 rings (SSSR count). The van der Waals surface area contributed by atoms with Crippen LogP contribution >= 0.6 is 8.25 Å². The van der Waals surface area contributed by atoms with Gasteiger partial charge in [-0.1, -0.05) is 0 Å². The van der Waals surface area contributed by atoms with Crippen LogP contribution in [0.25, 0.3) is 0 Å². The van der Waals surface area contributed by atoms with Gasteiger partial charge in [0.2, 0.25) is 0 Å². The van der Waals surface area contributed by atoms with E-state index >= 15 is 0 Å². The molecule has 1 N–H and O–H groups in total. The molecule has 0 spiro atoms. The Balaban J connectivity index is 2.54. The lowest BCUT2D eigenvalue weighted by molar-refractivity contribution is 0.302. The zero-order chi connectivity index (χ0) is 9.68. The molecule has 0 aliphatic heterocycles. The maximum atomic E-state index is 11.0. The lowest BCUT2D eigenvalue weighted by Gasteiger charge is -2.04. The van der Waals surface area contributed by atoms with Crippen LogP contribution in [0.4, 0.5) is 0 Å². The molecule has 1 unspecified atom stereocenters. The molecular weight excluding hydrogens is 191 g/mol. The van der Waals surface area contributed by atoms with Crippen LogP contribution in [-0.4, -0.2) is 11.7 Å². The molecular formula is C8H11O4P. The molecule has 0 bridgehead atoms. The molecule has 1 aromatic rings. The summed E-state index contributed by atoms with van der Waals surface area (Å²) in [6, 6.07) is 5.96. The van der Waals surface area contributed by atoms with Crippen molar-refractivity contribution in [3.63, 3.8) is 0 Å². The highest BCUT2D eigenvalue weighted by Crippen LogP contribution is 2.28. The molecule has 0 amide bonds. The van der Waals surface area contributed by atoms with E-state index < -0.39 is 8.25 Å². The van der Waals surface area contributed by atoms with Crippen LogP contribution in [-0.2, 0) is 9.09 Å². The van der Waals surface area contributed by atoms with Gasteiger partial charge in [-0.25, -0.2) is 4.57 Å². The molecule has 0 saturated heterocycles. The van der Waals surface area contributed by atoms with E-state index in [1.54, 1.807) is 6.92 Å². The summed E-state index contributed by atoms with van der Waals surface area (Å²) in [5, 5.41) is 8.94. The van der Waals surface area contributed by atoms with E-state index in [1.165, 1.54) is 24.3 Å². The highest BCUT2D eigenvalue weighted by Gasteiger charge is 1.99. The minimum absolute atomic E-state index is 0.142. The quantitative estimate of drug-likeness (QED) is 0.760. The van der Waals surface area contributed by atoms with Gasteiger partial charge in [0.15, 0.2) is 0 Å². The Morgan fingerprint density at radius 1 is 1.38 bits per heavy atom. The Kier molecular flexibility index (Phi) is 3.80. The first-order valence-electron chi connectivity index (χ1n) is 3.86. The second-order valence-corrected chi connectivity index (χ2v) is 3.27. The van der Waals surface area contributed by atoms with Crippen LogP contribution in [0.1, 0.15) is 6.92 Å². The maximum Gasteiger partial charge on any atom is 0.367 e. The monoisotopic (exact) mass is 202 g/mol. The minimum atomic E-state index is -2.44. The fourth-order valence-electron chi connectivity index (χ4n) is 0.758. The van der Waals surface area contributed by atoms with Crippen LogP contribution < -0.4 is 4.52 Å². The van der Waals surface area contributed by atoms with E-state index in [0.717, 1.165) is 0 Å². The molecule has 5 heteroatoms. The van der Waals surface area contributed by atoms with Gasteiger partial charge in [0, 0.05) is 0 Å². The predicted molar refractivity (Wildman–Crippen MR) is 49.4 cm³/mol. The lowest BCUT2D eigenvalue weighted by atomic mass is 10.3. The third kappa shape index (κ3) is 3.49. The van der Waals surface area contributed by atoms with Gasteiger partial charge >= 0.3 is 8.25 Å². The molecule has 0 aliphatic rings. The summed E-state index contributed by atoms with van der Waals surface area (Å²) >= 11 is 0. The maximum absolute atomic E-state index is 11.0. The topological polar surface area (TPSA) is 55.8 Å². The fourth-order valence-corrected chi connectivity index (χ4v) is 1.38. The van der Waals surface area contributed by atoms with E-state index in [9.17, 15) is 4.57 Å². The van der Waals surface area contributed by atoms with Crippen LogP contribution in [0.15, 0.2) is 24.3 Å². The zero-order valence-electron chi connectivity index (χ0n) is 7.19. The largest absolute Gasteiger partial charge is 0.508 e. The predicted octanol–water partition coefficient (Wildman–Crippen LogP) is 2.20. The van der Waals surface area contributed by atoms with Gasteiger partial charge in [-0.05, 0) is 31.2 Å². The molecule has 0 aromatic heterocycles. The summed E-state index contributed by atoms with van der Waals surface area (Å²) in [5.74, 6) is 0.568.